The molecule has 4 nitrogen and oxygen atoms in total. The Morgan fingerprint density at radius 3 is 1.89 bits per heavy atom. The molecule has 1 unspecified atom stereocenters. The van der Waals surface area contributed by atoms with E-state index >= 15 is 0 Å². The molecular formula is C62H43NO3. The molecule has 11 aromatic rings. The fourth-order valence-corrected chi connectivity index (χ4v) is 10.7. The number of fused-ring (bicyclic) bond motifs is 9. The van der Waals surface area contributed by atoms with E-state index in [1.165, 1.54) is 22.3 Å². The topological polar surface area (TPSA) is 42.7 Å². The third-order valence-corrected chi connectivity index (χ3v) is 13.7. The Balaban J connectivity index is 1.07. The zero-order valence-electron chi connectivity index (χ0n) is 36.2. The Hall–Kier alpha value is -8.34. The molecule has 2 aliphatic rings. The van der Waals surface area contributed by atoms with Crippen LogP contribution in [0.5, 0.6) is 0 Å². The van der Waals surface area contributed by atoms with Crippen molar-refractivity contribution in [3.8, 4) is 22.5 Å². The number of rotatable bonds is 8. The van der Waals surface area contributed by atoms with Crippen LogP contribution in [0.4, 0.5) is 11.4 Å². The number of hydrogen-bond donors (Lipinski definition) is 0. The van der Waals surface area contributed by atoms with Crippen LogP contribution in [0.3, 0.4) is 0 Å². The van der Waals surface area contributed by atoms with E-state index in [-0.39, 0.29) is 6.04 Å². The maximum Gasteiger partial charge on any atom is 0.159 e. The van der Waals surface area contributed by atoms with Gasteiger partial charge in [-0.1, -0.05) is 189 Å². The second-order valence-corrected chi connectivity index (χ2v) is 17.4. The van der Waals surface area contributed by atoms with E-state index in [1.54, 1.807) is 0 Å². The molecule has 0 spiro atoms. The minimum atomic E-state index is -0.0877. The van der Waals surface area contributed by atoms with Crippen LogP contribution in [0, 0.1) is 0 Å². The summed E-state index contributed by atoms with van der Waals surface area (Å²) in [6.45, 7) is 4.46. The number of allylic oxidation sites excluding steroid dienone is 6. The largest absolute Gasteiger partial charge is 0.455 e. The molecule has 0 N–H and O–H groups in total. The van der Waals surface area contributed by atoms with Crippen LogP contribution < -0.4 is 4.90 Å². The summed E-state index contributed by atoms with van der Waals surface area (Å²) in [5.74, 6) is 0.767. The number of anilines is 2. The number of benzene rings is 8. The average molecular weight is 850 g/mol. The first-order valence-electron chi connectivity index (χ1n) is 22.8. The maximum absolute atomic E-state index is 7.22. The van der Waals surface area contributed by atoms with Gasteiger partial charge in [-0.25, -0.2) is 0 Å². The zero-order chi connectivity index (χ0) is 43.7. The smallest absolute Gasteiger partial charge is 0.159 e. The van der Waals surface area contributed by atoms with Gasteiger partial charge in [-0.3, -0.25) is 0 Å². The maximum atomic E-state index is 7.22. The Kier molecular flexibility index (Phi) is 8.92. The molecule has 0 saturated heterocycles. The summed E-state index contributed by atoms with van der Waals surface area (Å²) >= 11 is 0. The summed E-state index contributed by atoms with van der Waals surface area (Å²) in [5.41, 5.74) is 15.4. The van der Waals surface area contributed by atoms with Crippen molar-refractivity contribution in [2.75, 3.05) is 4.90 Å². The molecular weight excluding hydrogens is 807 g/mol. The standard InChI is InChI=1S/C62H43NO3/c1-2-44-54-38-56(46-24-10-12-28-51(46)61(54)66-59(44)49-27-11-9-23-45(49)50-29-17-30-52-47-25-13-15-33-57(47)64-60(50)52)63(55-32-18-31-53-48-26-14-16-34-58(48)65-62(53)55)43-36-41(39-19-5-3-6-20-39)35-42(37-43)40-21-7-4-8-22-40/h2-7,9-21,23-36,38,43H,1,8,22,37H2. The van der Waals surface area contributed by atoms with Crippen LogP contribution in [0.15, 0.2) is 231 Å². The molecule has 13 rings (SSSR count). The van der Waals surface area contributed by atoms with Gasteiger partial charge in [-0.2, -0.15) is 0 Å². The van der Waals surface area contributed by atoms with Gasteiger partial charge in [0.1, 0.15) is 28.1 Å². The van der Waals surface area contributed by atoms with Gasteiger partial charge < -0.3 is 18.2 Å². The Labute approximate surface area is 382 Å². The van der Waals surface area contributed by atoms with Gasteiger partial charge in [0.05, 0.1) is 17.4 Å². The van der Waals surface area contributed by atoms with Crippen LogP contribution >= 0.6 is 0 Å². The summed E-state index contributed by atoms with van der Waals surface area (Å²) in [7, 11) is 0. The number of furan rings is 3. The Morgan fingerprint density at radius 2 is 1.14 bits per heavy atom. The summed E-state index contributed by atoms with van der Waals surface area (Å²) in [5, 5.41) is 7.48. The van der Waals surface area contributed by atoms with Gasteiger partial charge in [-0.05, 0) is 71.4 Å². The number of hydrogen-bond acceptors (Lipinski definition) is 4. The number of nitrogens with zero attached hydrogens (tertiary/aromatic N) is 1. The monoisotopic (exact) mass is 849 g/mol. The Morgan fingerprint density at radius 1 is 0.515 bits per heavy atom. The quantitative estimate of drug-likeness (QED) is 0.153. The van der Waals surface area contributed by atoms with Crippen molar-refractivity contribution >= 4 is 88.6 Å². The van der Waals surface area contributed by atoms with Gasteiger partial charge in [0, 0.05) is 54.4 Å². The lowest BCUT2D eigenvalue weighted by molar-refractivity contribution is 0.634. The van der Waals surface area contributed by atoms with Gasteiger partial charge in [-0.15, -0.1) is 0 Å². The summed E-state index contributed by atoms with van der Waals surface area (Å²) in [6.07, 6.45) is 16.5. The van der Waals surface area contributed by atoms with Crippen LogP contribution in [-0.2, 0) is 0 Å². The van der Waals surface area contributed by atoms with Gasteiger partial charge in [0.2, 0.25) is 0 Å². The molecule has 1 atom stereocenters. The van der Waals surface area contributed by atoms with Crippen molar-refractivity contribution in [3.63, 3.8) is 0 Å². The highest BCUT2D eigenvalue weighted by atomic mass is 16.3. The highest BCUT2D eigenvalue weighted by Crippen LogP contribution is 2.50. The minimum absolute atomic E-state index is 0.0877. The van der Waals surface area contributed by atoms with Crippen molar-refractivity contribution in [2.24, 2.45) is 0 Å². The third kappa shape index (κ3) is 6.06. The SMILES string of the molecule is C=Cc1c(-c2ccccc2-c2cccc3c2oc2ccccc23)oc2c1cc(N(c1cccc3c1oc1ccccc13)C1C=C(c3ccccc3)C=C(C3=CC=CCC3)C1)c1ccccc12. The predicted molar refractivity (Wildman–Crippen MR) is 275 cm³/mol. The van der Waals surface area contributed by atoms with Crippen LogP contribution in [0.1, 0.15) is 30.4 Å². The number of para-hydroxylation sites is 4. The predicted octanol–water partition coefficient (Wildman–Crippen LogP) is 17.6. The first-order chi connectivity index (χ1) is 32.7. The molecule has 3 heterocycles. The molecule has 0 aliphatic heterocycles. The van der Waals surface area contributed by atoms with Crippen molar-refractivity contribution in [2.45, 2.75) is 25.3 Å². The second kappa shape index (κ2) is 15.4. The minimum Gasteiger partial charge on any atom is -0.455 e. The lowest BCUT2D eigenvalue weighted by atomic mass is 9.84. The fourth-order valence-electron chi connectivity index (χ4n) is 10.7. The molecule has 4 heteroatoms. The summed E-state index contributed by atoms with van der Waals surface area (Å²) < 4.78 is 20.7. The van der Waals surface area contributed by atoms with Gasteiger partial charge in [0.15, 0.2) is 5.58 Å². The van der Waals surface area contributed by atoms with E-state index < -0.39 is 0 Å². The van der Waals surface area contributed by atoms with Crippen LogP contribution in [0.25, 0.3) is 99.7 Å². The molecule has 314 valence electrons. The van der Waals surface area contributed by atoms with Crippen molar-refractivity contribution in [1.29, 1.82) is 0 Å². The molecule has 3 aromatic heterocycles. The highest BCUT2D eigenvalue weighted by molar-refractivity contribution is 6.17. The van der Waals surface area contributed by atoms with Crippen LogP contribution in [-0.4, -0.2) is 6.04 Å². The van der Waals surface area contributed by atoms with E-state index in [2.05, 4.69) is 194 Å². The Bertz CT molecular complexity index is 3890. The third-order valence-electron chi connectivity index (χ3n) is 13.7. The first kappa shape index (κ1) is 38.1. The van der Waals surface area contributed by atoms with Gasteiger partial charge >= 0.3 is 0 Å². The molecule has 0 fully saturated rings. The van der Waals surface area contributed by atoms with E-state index in [1.807, 2.05) is 24.3 Å². The van der Waals surface area contributed by atoms with Crippen molar-refractivity contribution in [3.05, 3.63) is 229 Å². The molecule has 0 saturated carbocycles. The van der Waals surface area contributed by atoms with Crippen molar-refractivity contribution < 1.29 is 13.3 Å². The van der Waals surface area contributed by atoms with Crippen molar-refractivity contribution in [1.82, 2.24) is 0 Å². The molecule has 0 amide bonds. The molecule has 8 aromatic carbocycles. The molecule has 66 heavy (non-hydrogen) atoms. The van der Waals surface area contributed by atoms with E-state index in [0.29, 0.717) is 0 Å². The lowest BCUT2D eigenvalue weighted by Gasteiger charge is -2.36. The van der Waals surface area contributed by atoms with E-state index in [9.17, 15) is 0 Å². The van der Waals surface area contributed by atoms with E-state index in [0.717, 1.165) is 124 Å². The molecule has 0 radical (unpaired) electrons. The van der Waals surface area contributed by atoms with Gasteiger partial charge in [0.25, 0.3) is 0 Å². The van der Waals surface area contributed by atoms with E-state index in [4.69, 9.17) is 13.3 Å². The molecule has 2 aliphatic carbocycles. The summed E-state index contributed by atoms with van der Waals surface area (Å²) in [6, 6.07) is 59.8. The fraction of sp³-hybridized carbons (Fsp3) is 0.0645. The lowest BCUT2D eigenvalue weighted by Crippen LogP contribution is -2.32. The normalized spacial score (nSPS) is 15.2. The average Bonchev–Trinajstić information content (AvgIpc) is 4.09. The zero-order valence-corrected chi connectivity index (χ0v) is 36.2. The molecule has 0 bridgehead atoms. The second-order valence-electron chi connectivity index (χ2n) is 17.4. The first-order valence-corrected chi connectivity index (χ1v) is 22.8. The summed E-state index contributed by atoms with van der Waals surface area (Å²) in [4.78, 5) is 2.54. The van der Waals surface area contributed by atoms with Crippen LogP contribution in [0.2, 0.25) is 0 Å². The highest BCUT2D eigenvalue weighted by Gasteiger charge is 2.31.